The first-order valence-corrected chi connectivity index (χ1v) is 47.8. The van der Waals surface area contributed by atoms with Crippen LogP contribution in [-0.2, 0) is 55.8 Å². The Kier molecular flexibility index (Phi) is 82.8. The molecular weight excluding hydrogens is 1460 g/mol. The highest BCUT2D eigenvalue weighted by Crippen LogP contribution is 2.45. The van der Waals surface area contributed by atoms with Crippen LogP contribution in [0, 0.1) is 0 Å². The van der Waals surface area contributed by atoms with Gasteiger partial charge in [-0.2, -0.15) is 0 Å². The van der Waals surface area contributed by atoms with E-state index < -0.39 is 91.5 Å². The largest absolute Gasteiger partial charge is 0.472 e. The SMILES string of the molecule is CC/C=C\C/C=C\C/C=C\C/C=C\C/C=C\C/C=C\CCCCCCCCC(=O)OCC(COP(=O)(O)OCC(O)COP(=O)(O)OCC(O)COC(=O)CCCCCCCCCCCCCCCCCCCCC/C=C\C/C=C\C/C=C\C/C=C\CCCCC)OC(=O)CCCCCCCCC/C=C\C/C=C\C/C=C\CC. The second kappa shape index (κ2) is 86.5. The molecule has 4 N–H and O–H groups in total. The summed E-state index contributed by atoms with van der Waals surface area (Å²) in [6, 6.07) is 0. The van der Waals surface area contributed by atoms with E-state index in [2.05, 4.69) is 179 Å². The van der Waals surface area contributed by atoms with Crippen molar-refractivity contribution in [3.05, 3.63) is 158 Å². The number of rotatable bonds is 84. The zero-order valence-corrected chi connectivity index (χ0v) is 73.0. The van der Waals surface area contributed by atoms with Gasteiger partial charge < -0.3 is 34.2 Å². The van der Waals surface area contributed by atoms with E-state index in [0.29, 0.717) is 19.3 Å². The molecule has 0 saturated carbocycles. The normalized spacial score (nSPS) is 14.6. The monoisotopic (exact) mass is 1620 g/mol. The third kappa shape index (κ3) is 87.8. The van der Waals surface area contributed by atoms with Crippen LogP contribution < -0.4 is 0 Å². The number of aliphatic hydroxyl groups excluding tert-OH is 2. The van der Waals surface area contributed by atoms with Crippen molar-refractivity contribution < 1.29 is 75.8 Å². The topological polar surface area (TPSA) is 231 Å². The van der Waals surface area contributed by atoms with Crippen molar-refractivity contribution in [1.82, 2.24) is 0 Å². The lowest BCUT2D eigenvalue weighted by Crippen LogP contribution is -2.30. The number of unbranched alkanes of at least 4 members (excludes halogenated alkanes) is 35. The Morgan fingerprint density at radius 3 is 0.743 bits per heavy atom. The number of ether oxygens (including phenoxy) is 3. The smallest absolute Gasteiger partial charge is 0.463 e. The molecule has 0 fully saturated rings. The maximum Gasteiger partial charge on any atom is 0.472 e. The fourth-order valence-corrected chi connectivity index (χ4v) is 13.6. The number of allylic oxidation sites excluding steroid dienone is 26. The molecule has 0 saturated heterocycles. The fraction of sp³-hybridized carbons (Fsp3) is 0.695. The minimum Gasteiger partial charge on any atom is -0.463 e. The molecule has 113 heavy (non-hydrogen) atoms. The molecule has 5 atom stereocenters. The van der Waals surface area contributed by atoms with Crippen LogP contribution in [0.3, 0.4) is 0 Å². The van der Waals surface area contributed by atoms with Gasteiger partial charge in [-0.05, 0) is 148 Å². The second-order valence-corrected chi connectivity index (χ2v) is 32.5. The van der Waals surface area contributed by atoms with Gasteiger partial charge in [0.1, 0.15) is 25.4 Å². The molecule has 0 bridgehead atoms. The van der Waals surface area contributed by atoms with Gasteiger partial charge in [0.15, 0.2) is 6.10 Å². The lowest BCUT2D eigenvalue weighted by atomic mass is 10.0. The Morgan fingerprint density at radius 2 is 0.469 bits per heavy atom. The summed E-state index contributed by atoms with van der Waals surface area (Å²) >= 11 is 0. The summed E-state index contributed by atoms with van der Waals surface area (Å²) < 4.78 is 61.3. The molecule has 0 rings (SSSR count). The molecule has 0 aromatic carbocycles. The van der Waals surface area contributed by atoms with Crippen LogP contribution in [-0.4, -0.2) is 95.9 Å². The predicted molar refractivity (Wildman–Crippen MR) is 472 cm³/mol. The second-order valence-electron chi connectivity index (χ2n) is 29.6. The Labute approximate surface area is 689 Å². The van der Waals surface area contributed by atoms with Crippen molar-refractivity contribution in [1.29, 1.82) is 0 Å². The molecule has 18 heteroatoms. The Morgan fingerprint density at radius 1 is 0.257 bits per heavy atom. The third-order valence-corrected chi connectivity index (χ3v) is 20.6. The fourth-order valence-electron chi connectivity index (χ4n) is 12.0. The van der Waals surface area contributed by atoms with Gasteiger partial charge in [-0.3, -0.25) is 32.5 Å². The number of aliphatic hydroxyl groups is 2. The first-order valence-electron chi connectivity index (χ1n) is 44.8. The number of phosphoric acid groups is 2. The summed E-state index contributed by atoms with van der Waals surface area (Å²) in [7, 11) is -9.81. The summed E-state index contributed by atoms with van der Waals surface area (Å²) in [5, 5.41) is 20.7. The summed E-state index contributed by atoms with van der Waals surface area (Å²) in [5.41, 5.74) is 0. The molecule has 0 aliphatic carbocycles. The quantitative estimate of drug-likeness (QED) is 0.0146. The van der Waals surface area contributed by atoms with Gasteiger partial charge in [-0.1, -0.05) is 359 Å². The molecule has 0 spiro atoms. The van der Waals surface area contributed by atoms with Crippen LogP contribution in [0.25, 0.3) is 0 Å². The van der Waals surface area contributed by atoms with Crippen molar-refractivity contribution in [2.24, 2.45) is 0 Å². The van der Waals surface area contributed by atoms with Gasteiger partial charge in [-0.15, -0.1) is 0 Å². The maximum atomic E-state index is 13.0. The van der Waals surface area contributed by atoms with E-state index in [-0.39, 0.29) is 19.3 Å². The van der Waals surface area contributed by atoms with Crippen LogP contribution in [0.1, 0.15) is 367 Å². The van der Waals surface area contributed by atoms with Gasteiger partial charge in [0.25, 0.3) is 0 Å². The number of carbonyl (C=O) groups excluding carboxylic acids is 3. The van der Waals surface area contributed by atoms with Gasteiger partial charge in [0, 0.05) is 19.3 Å². The lowest BCUT2D eigenvalue weighted by molar-refractivity contribution is -0.161. The van der Waals surface area contributed by atoms with Gasteiger partial charge in [0.2, 0.25) is 0 Å². The van der Waals surface area contributed by atoms with Crippen LogP contribution in [0.5, 0.6) is 0 Å². The van der Waals surface area contributed by atoms with Crippen LogP contribution in [0.15, 0.2) is 158 Å². The van der Waals surface area contributed by atoms with Crippen molar-refractivity contribution in [3.8, 4) is 0 Å². The van der Waals surface area contributed by atoms with E-state index in [1.807, 2.05) is 0 Å². The molecular formula is C95H162O16P2. The zero-order valence-electron chi connectivity index (χ0n) is 71.3. The number of hydrogen-bond donors (Lipinski definition) is 4. The first kappa shape index (κ1) is 108. The molecule has 0 heterocycles. The number of carbonyl (C=O) groups is 3. The zero-order chi connectivity index (χ0) is 82.2. The molecule has 16 nitrogen and oxygen atoms in total. The average molecular weight is 1620 g/mol. The van der Waals surface area contributed by atoms with E-state index in [0.717, 1.165) is 180 Å². The van der Waals surface area contributed by atoms with Gasteiger partial charge in [-0.25, -0.2) is 9.13 Å². The molecule has 0 radical (unpaired) electrons. The van der Waals surface area contributed by atoms with E-state index in [4.69, 9.17) is 32.3 Å². The predicted octanol–water partition coefficient (Wildman–Crippen LogP) is 27.3. The molecule has 648 valence electrons. The highest BCUT2D eigenvalue weighted by Gasteiger charge is 2.29. The lowest BCUT2D eigenvalue weighted by Gasteiger charge is -2.21. The van der Waals surface area contributed by atoms with E-state index >= 15 is 0 Å². The molecule has 0 aliphatic heterocycles. The van der Waals surface area contributed by atoms with Gasteiger partial charge in [0.05, 0.1) is 26.4 Å². The molecule has 5 unspecified atom stereocenters. The molecule has 0 aliphatic rings. The van der Waals surface area contributed by atoms with Crippen molar-refractivity contribution in [3.63, 3.8) is 0 Å². The molecule has 0 aromatic heterocycles. The van der Waals surface area contributed by atoms with E-state index in [1.165, 1.54) is 128 Å². The minimum atomic E-state index is -4.95. The van der Waals surface area contributed by atoms with Gasteiger partial charge >= 0.3 is 33.6 Å². The summed E-state index contributed by atoms with van der Waals surface area (Å²) in [6.45, 7) is 2.43. The summed E-state index contributed by atoms with van der Waals surface area (Å²) in [5.74, 6) is -1.60. The first-order chi connectivity index (χ1) is 55.2. The van der Waals surface area contributed by atoms with Crippen molar-refractivity contribution >= 4 is 33.6 Å². The van der Waals surface area contributed by atoms with E-state index in [1.54, 1.807) is 0 Å². The minimum absolute atomic E-state index is 0.0855. The number of hydrogen-bond acceptors (Lipinski definition) is 14. The standard InChI is InChI=1S/C95H162O16P2/c1-4-7-10-13-16-19-22-25-28-31-33-35-37-39-40-41-42-43-44-45-46-47-48-50-52-53-55-58-60-63-66-69-72-75-78-81-93(98)105-84-90(96)85-107-112(101,102)108-86-91(97)87-109-113(103,104)110-89-92(111-95(100)83-80-77-74-71-68-65-62-57-30-27-24-21-18-15-12-9-6-3)88-106-94(99)82-79-76-73-70-67-64-61-59-56-54-51-49-38-36-34-32-29-26-23-20-17-14-11-8-5-2/h8-9,11-12,16-21,25-30,33-36,39-40,49,51,56,59,90-92,96-97H,4-7,10,13-15,22-24,31-32,37-38,41-48,50,52-55,57-58,60-89H2,1-3H3,(H,101,102)(H,103,104)/b11-8-,12-9-,19-16-,20-17-,21-18-,28-25-,29-26-,30-27-,35-33-,36-34-,40-39-,51-49-,59-56-. The van der Waals surface area contributed by atoms with Crippen LogP contribution >= 0.6 is 15.6 Å². The average Bonchev–Trinajstić information content (AvgIpc) is 0.902. The van der Waals surface area contributed by atoms with Crippen molar-refractivity contribution in [2.75, 3.05) is 39.6 Å². The highest BCUT2D eigenvalue weighted by atomic mass is 31.2. The Hall–Kier alpha value is -4.83. The summed E-state index contributed by atoms with van der Waals surface area (Å²) in [6.07, 6.45) is 110. The van der Waals surface area contributed by atoms with Crippen molar-refractivity contribution in [2.45, 2.75) is 386 Å². The molecule has 0 amide bonds. The molecule has 0 aromatic rings. The van der Waals surface area contributed by atoms with Crippen LogP contribution in [0.4, 0.5) is 0 Å². The highest BCUT2D eigenvalue weighted by molar-refractivity contribution is 7.47. The summed E-state index contributed by atoms with van der Waals surface area (Å²) in [4.78, 5) is 58.9. The number of esters is 3. The maximum absolute atomic E-state index is 13.0. The Bertz CT molecular complexity index is 2680. The number of phosphoric ester groups is 2. The third-order valence-electron chi connectivity index (χ3n) is 18.7. The van der Waals surface area contributed by atoms with Crippen LogP contribution in [0.2, 0.25) is 0 Å². The Balaban J connectivity index is 4.49. The van der Waals surface area contributed by atoms with E-state index in [9.17, 15) is 43.5 Å².